The second-order valence-electron chi connectivity index (χ2n) is 5.60. The summed E-state index contributed by atoms with van der Waals surface area (Å²) in [6.45, 7) is 0. The highest BCUT2D eigenvalue weighted by molar-refractivity contribution is 9.10. The molecule has 1 spiro atoms. The van der Waals surface area contributed by atoms with Crippen molar-refractivity contribution in [3.8, 4) is 0 Å². The molecule has 1 saturated carbocycles. The number of carbonyl (C=O) groups is 1. The van der Waals surface area contributed by atoms with E-state index in [4.69, 9.17) is 0 Å². The highest BCUT2D eigenvalue weighted by Crippen LogP contribution is 2.66. The predicted octanol–water partition coefficient (Wildman–Crippen LogP) is 3.08. The molecule has 4 rings (SSSR count). The first-order valence-corrected chi connectivity index (χ1v) is 7.66. The largest absolute Gasteiger partial charge is 0.325 e. The van der Waals surface area contributed by atoms with Crippen LogP contribution in [0.1, 0.15) is 17.0 Å². The molecule has 6 heteroatoms. The fourth-order valence-electron chi connectivity index (χ4n) is 3.70. The van der Waals surface area contributed by atoms with Gasteiger partial charge in [-0.3, -0.25) is 14.9 Å². The molecule has 1 fully saturated rings. The summed E-state index contributed by atoms with van der Waals surface area (Å²) < 4.78 is 0.793. The van der Waals surface area contributed by atoms with Crippen molar-refractivity contribution in [1.82, 2.24) is 0 Å². The number of benzene rings is 2. The fourth-order valence-corrected chi connectivity index (χ4v) is 4.23. The van der Waals surface area contributed by atoms with Crippen molar-refractivity contribution in [2.45, 2.75) is 17.4 Å². The van der Waals surface area contributed by atoms with Gasteiger partial charge in [-0.2, -0.15) is 0 Å². The van der Waals surface area contributed by atoms with E-state index in [9.17, 15) is 14.9 Å². The average molecular weight is 359 g/mol. The average Bonchev–Trinajstić information content (AvgIpc) is 3.10. The van der Waals surface area contributed by atoms with Crippen molar-refractivity contribution in [3.63, 3.8) is 0 Å². The van der Waals surface area contributed by atoms with Gasteiger partial charge >= 0.3 is 0 Å². The van der Waals surface area contributed by atoms with E-state index >= 15 is 0 Å². The number of carbonyl (C=O) groups excluding carboxylic acids is 1. The zero-order valence-electron chi connectivity index (χ0n) is 11.3. The molecule has 22 heavy (non-hydrogen) atoms. The van der Waals surface area contributed by atoms with E-state index in [0.29, 0.717) is 5.69 Å². The minimum Gasteiger partial charge on any atom is -0.325 e. The van der Waals surface area contributed by atoms with Crippen LogP contribution in [0.4, 0.5) is 5.69 Å². The Bertz CT molecular complexity index is 823. The number of rotatable bonds is 2. The summed E-state index contributed by atoms with van der Waals surface area (Å²) in [5.74, 6) is -0.738. The van der Waals surface area contributed by atoms with Crippen LogP contribution < -0.4 is 5.32 Å². The van der Waals surface area contributed by atoms with Gasteiger partial charge in [0.1, 0.15) is 0 Å². The first-order chi connectivity index (χ1) is 10.6. The lowest BCUT2D eigenvalue weighted by Gasteiger charge is -2.07. The van der Waals surface area contributed by atoms with Crippen molar-refractivity contribution >= 4 is 27.5 Å². The minimum absolute atomic E-state index is 0.281. The van der Waals surface area contributed by atoms with E-state index in [1.165, 1.54) is 0 Å². The van der Waals surface area contributed by atoms with Gasteiger partial charge in [-0.1, -0.05) is 52.3 Å². The van der Waals surface area contributed by atoms with Crippen molar-refractivity contribution < 1.29 is 9.72 Å². The number of hydrogen-bond donors (Lipinski definition) is 1. The molecule has 0 aromatic heterocycles. The molecule has 1 aliphatic carbocycles. The number of halogens is 1. The Kier molecular flexibility index (Phi) is 2.69. The summed E-state index contributed by atoms with van der Waals surface area (Å²) in [4.78, 5) is 23.9. The van der Waals surface area contributed by atoms with E-state index in [2.05, 4.69) is 21.2 Å². The number of fused-ring (bicyclic) bond motifs is 2. The Morgan fingerprint density at radius 2 is 1.82 bits per heavy atom. The molecule has 0 saturated heterocycles. The second kappa shape index (κ2) is 4.39. The number of para-hydroxylation sites is 1. The monoisotopic (exact) mass is 358 g/mol. The zero-order valence-corrected chi connectivity index (χ0v) is 12.9. The standard InChI is InChI=1S/C16H11BrN2O3/c17-11-7-3-1-5-9(11)13-14(19(21)22)16(13)10-6-2-4-8-12(10)18-15(16)20/h1-8,13-14H,(H,18,20)/t13-,14-,16+/m0/s1. The van der Waals surface area contributed by atoms with Crippen LogP contribution in [0.15, 0.2) is 53.0 Å². The van der Waals surface area contributed by atoms with Crippen LogP contribution in [-0.2, 0) is 10.2 Å². The van der Waals surface area contributed by atoms with Gasteiger partial charge in [0.05, 0.1) is 5.92 Å². The van der Waals surface area contributed by atoms with Crippen LogP contribution >= 0.6 is 15.9 Å². The van der Waals surface area contributed by atoms with Crippen molar-refractivity contribution in [1.29, 1.82) is 0 Å². The number of nitrogens with zero attached hydrogens (tertiary/aromatic N) is 1. The van der Waals surface area contributed by atoms with E-state index < -0.39 is 17.4 Å². The molecule has 5 nitrogen and oxygen atoms in total. The summed E-state index contributed by atoms with van der Waals surface area (Å²) in [6, 6.07) is 13.7. The summed E-state index contributed by atoms with van der Waals surface area (Å²) in [5.41, 5.74) is 1.11. The molecular weight excluding hydrogens is 348 g/mol. The van der Waals surface area contributed by atoms with Gasteiger partial charge in [-0.25, -0.2) is 0 Å². The minimum atomic E-state index is -1.09. The summed E-state index contributed by atoms with van der Waals surface area (Å²) in [5, 5.41) is 14.4. The lowest BCUT2D eigenvalue weighted by Crippen LogP contribution is -2.26. The SMILES string of the molecule is O=C1Nc2ccccc2[C@@]12[C@@H]([N+](=O)[O-])[C@@H]2c1ccccc1Br. The lowest BCUT2D eigenvalue weighted by molar-refractivity contribution is -0.499. The summed E-state index contributed by atoms with van der Waals surface area (Å²) in [7, 11) is 0. The zero-order chi connectivity index (χ0) is 15.5. The van der Waals surface area contributed by atoms with Gasteiger partial charge in [-0.05, 0) is 23.3 Å². The second-order valence-corrected chi connectivity index (χ2v) is 6.45. The van der Waals surface area contributed by atoms with Crippen molar-refractivity contribution in [2.75, 3.05) is 5.32 Å². The Balaban J connectivity index is 1.93. The maximum Gasteiger partial charge on any atom is 0.243 e. The van der Waals surface area contributed by atoms with E-state index in [1.54, 1.807) is 12.1 Å². The Morgan fingerprint density at radius 3 is 2.55 bits per heavy atom. The third-order valence-electron chi connectivity index (χ3n) is 4.63. The van der Waals surface area contributed by atoms with Gasteiger partial charge < -0.3 is 5.32 Å². The van der Waals surface area contributed by atoms with Crippen molar-refractivity contribution in [2.24, 2.45) is 0 Å². The quantitative estimate of drug-likeness (QED) is 0.662. The molecule has 2 aliphatic rings. The molecule has 2 aromatic carbocycles. The molecule has 1 N–H and O–H groups in total. The Morgan fingerprint density at radius 1 is 1.14 bits per heavy atom. The number of nitrogens with one attached hydrogen (secondary N) is 1. The van der Waals surface area contributed by atoms with Crippen LogP contribution in [0.3, 0.4) is 0 Å². The van der Waals surface area contributed by atoms with Gasteiger partial charge in [0, 0.05) is 15.1 Å². The number of amides is 1. The van der Waals surface area contributed by atoms with Crippen LogP contribution in [0, 0.1) is 10.1 Å². The van der Waals surface area contributed by atoms with E-state index in [1.807, 2.05) is 36.4 Å². The number of anilines is 1. The van der Waals surface area contributed by atoms with Crippen LogP contribution in [-0.4, -0.2) is 16.9 Å². The molecule has 1 aliphatic heterocycles. The van der Waals surface area contributed by atoms with Crippen LogP contribution in [0.25, 0.3) is 0 Å². The van der Waals surface area contributed by atoms with E-state index in [-0.39, 0.29) is 10.8 Å². The topological polar surface area (TPSA) is 72.2 Å². The third kappa shape index (κ3) is 1.50. The van der Waals surface area contributed by atoms with Crippen LogP contribution in [0.5, 0.6) is 0 Å². The maximum absolute atomic E-state index is 12.6. The van der Waals surface area contributed by atoms with E-state index in [0.717, 1.165) is 15.6 Å². The Labute approximate surface area is 134 Å². The molecule has 1 amide bonds. The normalized spacial score (nSPS) is 28.3. The predicted molar refractivity (Wildman–Crippen MR) is 84.4 cm³/mol. The molecule has 0 bridgehead atoms. The Hall–Kier alpha value is -2.21. The number of nitro groups is 1. The smallest absolute Gasteiger partial charge is 0.243 e. The van der Waals surface area contributed by atoms with Gasteiger partial charge in [0.15, 0.2) is 5.41 Å². The third-order valence-corrected chi connectivity index (χ3v) is 5.35. The first-order valence-electron chi connectivity index (χ1n) is 6.87. The van der Waals surface area contributed by atoms with Gasteiger partial charge in [0.2, 0.25) is 11.9 Å². The maximum atomic E-state index is 12.6. The molecule has 2 aromatic rings. The molecular formula is C16H11BrN2O3. The molecule has 1 heterocycles. The number of hydrogen-bond acceptors (Lipinski definition) is 3. The summed E-state index contributed by atoms with van der Waals surface area (Å²) >= 11 is 3.45. The van der Waals surface area contributed by atoms with Gasteiger partial charge in [0.25, 0.3) is 0 Å². The fraction of sp³-hybridized carbons (Fsp3) is 0.188. The highest BCUT2D eigenvalue weighted by atomic mass is 79.9. The molecule has 0 radical (unpaired) electrons. The van der Waals surface area contributed by atoms with Gasteiger partial charge in [-0.15, -0.1) is 0 Å². The molecule has 110 valence electrons. The summed E-state index contributed by atoms with van der Waals surface area (Å²) in [6.07, 6.45) is 0. The van der Waals surface area contributed by atoms with Crippen molar-refractivity contribution in [3.05, 3.63) is 74.2 Å². The lowest BCUT2D eigenvalue weighted by atomic mass is 9.92. The molecule has 0 unspecified atom stereocenters. The highest BCUT2D eigenvalue weighted by Gasteiger charge is 2.81. The molecule has 3 atom stereocenters. The van der Waals surface area contributed by atoms with Crippen LogP contribution in [0.2, 0.25) is 0 Å². The first kappa shape index (κ1) is 13.5.